The van der Waals surface area contributed by atoms with Gasteiger partial charge in [0.25, 0.3) is 0 Å². The van der Waals surface area contributed by atoms with Crippen molar-refractivity contribution in [2.75, 3.05) is 42.9 Å². The van der Waals surface area contributed by atoms with Crippen molar-refractivity contribution in [3.05, 3.63) is 24.3 Å². The summed E-state index contributed by atoms with van der Waals surface area (Å²) in [6, 6.07) is 8.04. The van der Waals surface area contributed by atoms with Gasteiger partial charge < -0.3 is 15.1 Å². The molecule has 1 aromatic carbocycles. The zero-order chi connectivity index (χ0) is 12.4. The van der Waals surface area contributed by atoms with E-state index in [1.807, 2.05) is 29.2 Å². The highest BCUT2D eigenvalue weighted by atomic mass is 16.2. The number of nitrogens with one attached hydrogen (secondary N) is 1. The van der Waals surface area contributed by atoms with E-state index in [2.05, 4.69) is 10.2 Å². The van der Waals surface area contributed by atoms with E-state index in [0.29, 0.717) is 6.54 Å². The number of nitrogens with zero attached hydrogens (tertiary/aromatic N) is 2. The van der Waals surface area contributed by atoms with Gasteiger partial charge in [0.05, 0.1) is 17.9 Å². The van der Waals surface area contributed by atoms with Crippen molar-refractivity contribution in [1.29, 1.82) is 0 Å². The standard InChI is InChI=1S/C14H19N3O/c18-14-11-15-12-5-1-2-6-13(12)17(14)10-9-16-7-3-4-8-16/h1-2,5-6,15H,3-4,7-11H2. The third-order valence-electron chi connectivity index (χ3n) is 3.76. The summed E-state index contributed by atoms with van der Waals surface area (Å²) in [5, 5.41) is 3.17. The molecule has 0 aromatic heterocycles. The zero-order valence-electron chi connectivity index (χ0n) is 10.6. The molecule has 0 bridgehead atoms. The van der Waals surface area contributed by atoms with Gasteiger partial charge in [-0.1, -0.05) is 12.1 Å². The smallest absolute Gasteiger partial charge is 0.246 e. The van der Waals surface area contributed by atoms with Crippen LogP contribution in [-0.4, -0.2) is 43.5 Å². The fourth-order valence-electron chi connectivity index (χ4n) is 2.75. The molecule has 18 heavy (non-hydrogen) atoms. The SMILES string of the molecule is O=C1CNc2ccccc2N1CCN1CCCC1. The molecule has 4 heteroatoms. The highest BCUT2D eigenvalue weighted by molar-refractivity contribution is 6.02. The molecule has 0 radical (unpaired) electrons. The maximum absolute atomic E-state index is 12.0. The Bertz CT molecular complexity index is 440. The number of amides is 1. The predicted octanol–water partition coefficient (Wildman–Crippen LogP) is 1.54. The Morgan fingerprint density at radius 2 is 1.89 bits per heavy atom. The lowest BCUT2D eigenvalue weighted by molar-refractivity contribution is -0.117. The summed E-state index contributed by atoms with van der Waals surface area (Å²) >= 11 is 0. The van der Waals surface area contributed by atoms with Crippen LogP contribution in [0.2, 0.25) is 0 Å². The lowest BCUT2D eigenvalue weighted by atomic mass is 10.2. The molecule has 0 atom stereocenters. The first-order chi connectivity index (χ1) is 8.84. The number of carbonyl (C=O) groups is 1. The molecular weight excluding hydrogens is 226 g/mol. The Morgan fingerprint density at radius 3 is 2.72 bits per heavy atom. The fraction of sp³-hybridized carbons (Fsp3) is 0.500. The molecule has 96 valence electrons. The van der Waals surface area contributed by atoms with Crippen LogP contribution in [0, 0.1) is 0 Å². The van der Waals surface area contributed by atoms with E-state index >= 15 is 0 Å². The number of fused-ring (bicyclic) bond motifs is 1. The van der Waals surface area contributed by atoms with Crippen molar-refractivity contribution in [3.8, 4) is 0 Å². The van der Waals surface area contributed by atoms with Gasteiger partial charge >= 0.3 is 0 Å². The average Bonchev–Trinajstić information content (AvgIpc) is 2.91. The van der Waals surface area contributed by atoms with Crippen molar-refractivity contribution >= 4 is 17.3 Å². The first kappa shape index (κ1) is 11.5. The van der Waals surface area contributed by atoms with Crippen molar-refractivity contribution in [1.82, 2.24) is 4.90 Å². The van der Waals surface area contributed by atoms with E-state index in [0.717, 1.165) is 24.5 Å². The fourth-order valence-corrected chi connectivity index (χ4v) is 2.75. The van der Waals surface area contributed by atoms with Crippen LogP contribution in [0.5, 0.6) is 0 Å². The van der Waals surface area contributed by atoms with Gasteiger partial charge in [-0.25, -0.2) is 0 Å². The summed E-state index contributed by atoms with van der Waals surface area (Å²) in [4.78, 5) is 16.4. The Kier molecular flexibility index (Phi) is 3.19. The topological polar surface area (TPSA) is 35.6 Å². The van der Waals surface area contributed by atoms with Crippen LogP contribution in [-0.2, 0) is 4.79 Å². The number of hydrogen-bond acceptors (Lipinski definition) is 3. The minimum atomic E-state index is 0.174. The molecule has 4 nitrogen and oxygen atoms in total. The maximum atomic E-state index is 12.0. The van der Waals surface area contributed by atoms with Gasteiger partial charge in [0.2, 0.25) is 5.91 Å². The van der Waals surface area contributed by atoms with Gasteiger partial charge in [-0.2, -0.15) is 0 Å². The van der Waals surface area contributed by atoms with Crippen LogP contribution in [0.1, 0.15) is 12.8 Å². The van der Waals surface area contributed by atoms with E-state index in [4.69, 9.17) is 0 Å². The van der Waals surface area contributed by atoms with Crippen molar-refractivity contribution in [2.45, 2.75) is 12.8 Å². The maximum Gasteiger partial charge on any atom is 0.246 e. The van der Waals surface area contributed by atoms with Crippen molar-refractivity contribution < 1.29 is 4.79 Å². The quantitative estimate of drug-likeness (QED) is 0.877. The number of benzene rings is 1. The summed E-state index contributed by atoms with van der Waals surface area (Å²) in [5.41, 5.74) is 2.09. The molecule has 1 amide bonds. The summed E-state index contributed by atoms with van der Waals surface area (Å²) < 4.78 is 0. The predicted molar refractivity (Wildman–Crippen MR) is 73.0 cm³/mol. The summed E-state index contributed by atoms with van der Waals surface area (Å²) in [6.45, 7) is 4.57. The summed E-state index contributed by atoms with van der Waals surface area (Å²) in [7, 11) is 0. The molecule has 1 saturated heterocycles. The van der Waals surface area contributed by atoms with Crippen molar-refractivity contribution in [2.24, 2.45) is 0 Å². The number of carbonyl (C=O) groups excluding carboxylic acids is 1. The Hall–Kier alpha value is -1.55. The highest BCUT2D eigenvalue weighted by Crippen LogP contribution is 2.28. The Morgan fingerprint density at radius 1 is 1.11 bits per heavy atom. The molecule has 2 aliphatic heterocycles. The Balaban J connectivity index is 1.71. The van der Waals surface area contributed by atoms with Crippen LogP contribution in [0.4, 0.5) is 11.4 Å². The van der Waals surface area contributed by atoms with Crippen LogP contribution in [0.3, 0.4) is 0 Å². The molecule has 1 N–H and O–H groups in total. The number of likely N-dealkylation sites (tertiary alicyclic amines) is 1. The van der Waals surface area contributed by atoms with Gasteiger partial charge in [-0.15, -0.1) is 0 Å². The zero-order valence-corrected chi connectivity index (χ0v) is 10.6. The summed E-state index contributed by atoms with van der Waals surface area (Å²) in [5.74, 6) is 0.174. The molecule has 2 heterocycles. The average molecular weight is 245 g/mol. The normalized spacial score (nSPS) is 19.8. The van der Waals surface area contributed by atoms with Gasteiger partial charge in [0, 0.05) is 13.1 Å². The van der Waals surface area contributed by atoms with Gasteiger partial charge in [-0.05, 0) is 38.1 Å². The minimum absolute atomic E-state index is 0.174. The summed E-state index contributed by atoms with van der Waals surface area (Å²) in [6.07, 6.45) is 2.60. The van der Waals surface area contributed by atoms with E-state index in [1.54, 1.807) is 0 Å². The lowest BCUT2D eigenvalue weighted by Crippen LogP contribution is -2.43. The van der Waals surface area contributed by atoms with Crippen LogP contribution >= 0.6 is 0 Å². The molecule has 2 aliphatic rings. The third kappa shape index (κ3) is 2.20. The molecule has 0 aliphatic carbocycles. The lowest BCUT2D eigenvalue weighted by Gasteiger charge is -2.31. The molecule has 1 aromatic rings. The van der Waals surface area contributed by atoms with Crippen LogP contribution in [0.15, 0.2) is 24.3 Å². The van der Waals surface area contributed by atoms with Gasteiger partial charge in [0.1, 0.15) is 0 Å². The number of rotatable bonds is 3. The van der Waals surface area contributed by atoms with Crippen LogP contribution < -0.4 is 10.2 Å². The molecule has 0 saturated carbocycles. The number of hydrogen-bond donors (Lipinski definition) is 1. The van der Waals surface area contributed by atoms with E-state index < -0.39 is 0 Å². The molecule has 0 spiro atoms. The van der Waals surface area contributed by atoms with E-state index in [1.165, 1.54) is 25.9 Å². The second kappa shape index (κ2) is 4.98. The molecule has 1 fully saturated rings. The van der Waals surface area contributed by atoms with E-state index in [-0.39, 0.29) is 5.91 Å². The van der Waals surface area contributed by atoms with Gasteiger partial charge in [0.15, 0.2) is 0 Å². The number of para-hydroxylation sites is 2. The molecular formula is C14H19N3O. The van der Waals surface area contributed by atoms with E-state index in [9.17, 15) is 4.79 Å². The first-order valence-corrected chi connectivity index (χ1v) is 6.70. The van der Waals surface area contributed by atoms with Crippen molar-refractivity contribution in [3.63, 3.8) is 0 Å². The molecule has 0 unspecified atom stereocenters. The minimum Gasteiger partial charge on any atom is -0.374 e. The highest BCUT2D eigenvalue weighted by Gasteiger charge is 2.24. The first-order valence-electron chi connectivity index (χ1n) is 6.70. The Labute approximate surface area is 108 Å². The van der Waals surface area contributed by atoms with Gasteiger partial charge in [-0.3, -0.25) is 4.79 Å². The second-order valence-corrected chi connectivity index (χ2v) is 4.96. The van der Waals surface area contributed by atoms with Crippen LogP contribution in [0.25, 0.3) is 0 Å². The monoisotopic (exact) mass is 245 g/mol. The molecule has 3 rings (SSSR count). The number of anilines is 2. The second-order valence-electron chi connectivity index (χ2n) is 4.96. The third-order valence-corrected chi connectivity index (χ3v) is 3.76. The largest absolute Gasteiger partial charge is 0.374 e.